The molecule has 1 N–H and O–H groups in total. The van der Waals surface area contributed by atoms with Crippen LogP contribution in [0.3, 0.4) is 0 Å². The molecule has 1 unspecified atom stereocenters. The molecular weight excluding hydrogens is 380 g/mol. The van der Waals surface area contributed by atoms with E-state index >= 15 is 0 Å². The average Bonchev–Trinajstić information content (AvgIpc) is 3.24. The molecule has 0 saturated carbocycles. The number of nitrogens with one attached hydrogen (secondary N) is 1. The topological polar surface area (TPSA) is 102 Å². The van der Waals surface area contributed by atoms with E-state index in [1.165, 1.54) is 10.5 Å². The first kappa shape index (κ1) is 20.5. The lowest BCUT2D eigenvalue weighted by Crippen LogP contribution is -2.45. The summed E-state index contributed by atoms with van der Waals surface area (Å²) in [7, 11) is -1.93. The maximum Gasteiger partial charge on any atom is 0.246 e. The summed E-state index contributed by atoms with van der Waals surface area (Å²) in [6, 6.07) is 1.94. The SMILES string of the molecule is Cc1c(S(=O)(=O)N2CCCC(C(=O)NCCCn3nccc3C)C2)cnn1C. The third-order valence-corrected chi connectivity index (χ3v) is 7.31. The lowest BCUT2D eigenvalue weighted by atomic mass is 9.99. The van der Waals surface area contributed by atoms with Crippen LogP contribution in [0.5, 0.6) is 0 Å². The molecule has 28 heavy (non-hydrogen) atoms. The van der Waals surface area contributed by atoms with Gasteiger partial charge in [-0.1, -0.05) is 0 Å². The van der Waals surface area contributed by atoms with E-state index in [0.29, 0.717) is 31.6 Å². The zero-order valence-corrected chi connectivity index (χ0v) is 17.4. The molecule has 0 radical (unpaired) electrons. The van der Waals surface area contributed by atoms with E-state index in [4.69, 9.17) is 0 Å². The van der Waals surface area contributed by atoms with Gasteiger partial charge in [-0.25, -0.2) is 8.42 Å². The first-order valence-corrected chi connectivity index (χ1v) is 11.0. The molecule has 154 valence electrons. The maximum absolute atomic E-state index is 12.9. The lowest BCUT2D eigenvalue weighted by Gasteiger charge is -2.31. The lowest BCUT2D eigenvalue weighted by molar-refractivity contribution is -0.126. The molecule has 3 heterocycles. The molecule has 1 aliphatic heterocycles. The molecule has 1 saturated heterocycles. The Balaban J connectivity index is 1.54. The summed E-state index contributed by atoms with van der Waals surface area (Å²) in [4.78, 5) is 12.7. The highest BCUT2D eigenvalue weighted by molar-refractivity contribution is 7.89. The number of carbonyl (C=O) groups is 1. The van der Waals surface area contributed by atoms with Gasteiger partial charge in [-0.2, -0.15) is 14.5 Å². The Hall–Kier alpha value is -2.20. The van der Waals surface area contributed by atoms with Gasteiger partial charge >= 0.3 is 0 Å². The molecule has 0 aromatic carbocycles. The normalized spacial score (nSPS) is 18.3. The van der Waals surface area contributed by atoms with E-state index < -0.39 is 10.0 Å². The minimum Gasteiger partial charge on any atom is -0.356 e. The van der Waals surface area contributed by atoms with Gasteiger partial charge in [0, 0.05) is 45.1 Å². The Morgan fingerprint density at radius 2 is 2.11 bits per heavy atom. The Morgan fingerprint density at radius 1 is 1.32 bits per heavy atom. The molecule has 2 aromatic rings. The molecule has 0 bridgehead atoms. The first-order valence-electron chi connectivity index (χ1n) is 9.55. The number of hydrogen-bond acceptors (Lipinski definition) is 5. The van der Waals surface area contributed by atoms with Gasteiger partial charge in [0.15, 0.2) is 0 Å². The monoisotopic (exact) mass is 408 g/mol. The van der Waals surface area contributed by atoms with Gasteiger partial charge < -0.3 is 5.32 Å². The van der Waals surface area contributed by atoms with Crippen molar-refractivity contribution in [2.24, 2.45) is 13.0 Å². The van der Waals surface area contributed by atoms with E-state index in [2.05, 4.69) is 15.5 Å². The molecule has 1 aliphatic rings. The number of sulfonamides is 1. The van der Waals surface area contributed by atoms with Crippen molar-refractivity contribution in [3.05, 3.63) is 29.8 Å². The van der Waals surface area contributed by atoms with Crippen LogP contribution in [0.1, 0.15) is 30.7 Å². The third kappa shape index (κ3) is 4.27. The highest BCUT2D eigenvalue weighted by Gasteiger charge is 2.34. The van der Waals surface area contributed by atoms with Crippen molar-refractivity contribution >= 4 is 15.9 Å². The van der Waals surface area contributed by atoms with Crippen molar-refractivity contribution in [2.75, 3.05) is 19.6 Å². The number of hydrogen-bond donors (Lipinski definition) is 1. The van der Waals surface area contributed by atoms with E-state index in [1.807, 2.05) is 17.7 Å². The van der Waals surface area contributed by atoms with Gasteiger partial charge in [0.25, 0.3) is 0 Å². The molecule has 1 amide bonds. The second-order valence-electron chi connectivity index (χ2n) is 7.26. The molecule has 10 heteroatoms. The van der Waals surface area contributed by atoms with E-state index in [1.54, 1.807) is 24.9 Å². The fourth-order valence-corrected chi connectivity index (χ4v) is 5.17. The summed E-state index contributed by atoms with van der Waals surface area (Å²) in [5.74, 6) is -0.410. The minimum atomic E-state index is -3.64. The highest BCUT2D eigenvalue weighted by atomic mass is 32.2. The second kappa shape index (κ2) is 8.44. The number of piperidine rings is 1. The van der Waals surface area contributed by atoms with Gasteiger partial charge in [0.2, 0.25) is 15.9 Å². The van der Waals surface area contributed by atoms with Crippen LogP contribution < -0.4 is 5.32 Å². The van der Waals surface area contributed by atoms with Crippen molar-refractivity contribution in [1.82, 2.24) is 29.2 Å². The average molecular weight is 409 g/mol. The minimum absolute atomic E-state index is 0.0833. The van der Waals surface area contributed by atoms with Crippen LogP contribution in [0.25, 0.3) is 0 Å². The zero-order chi connectivity index (χ0) is 20.3. The van der Waals surface area contributed by atoms with Crippen LogP contribution in [-0.2, 0) is 28.4 Å². The van der Waals surface area contributed by atoms with Crippen molar-refractivity contribution in [3.63, 3.8) is 0 Å². The molecule has 3 rings (SSSR count). The summed E-state index contributed by atoms with van der Waals surface area (Å²) in [5.41, 5.74) is 1.69. The first-order chi connectivity index (χ1) is 13.3. The fraction of sp³-hybridized carbons (Fsp3) is 0.611. The van der Waals surface area contributed by atoms with E-state index in [0.717, 1.165) is 18.7 Å². The molecule has 1 fully saturated rings. The van der Waals surface area contributed by atoms with Crippen LogP contribution in [0, 0.1) is 19.8 Å². The highest BCUT2D eigenvalue weighted by Crippen LogP contribution is 2.25. The summed E-state index contributed by atoms with van der Waals surface area (Å²) in [6.07, 6.45) is 5.28. The van der Waals surface area contributed by atoms with Gasteiger partial charge in [-0.15, -0.1) is 0 Å². The standard InChI is InChI=1S/C18H28N6O3S/c1-14-7-9-20-24(14)11-5-8-19-18(25)16-6-4-10-23(13-16)28(26,27)17-12-21-22(3)15(17)2/h7,9,12,16H,4-6,8,10-11,13H2,1-3H3,(H,19,25). The quantitative estimate of drug-likeness (QED) is 0.684. The van der Waals surface area contributed by atoms with Crippen LogP contribution in [0.4, 0.5) is 0 Å². The third-order valence-electron chi connectivity index (χ3n) is 5.34. The Kier molecular flexibility index (Phi) is 6.19. The Labute approximate surface area is 165 Å². The summed E-state index contributed by atoms with van der Waals surface area (Å²) in [5, 5.41) is 11.2. The van der Waals surface area contributed by atoms with Crippen molar-refractivity contribution < 1.29 is 13.2 Å². The molecule has 0 aliphatic carbocycles. The number of carbonyl (C=O) groups excluding carboxylic acids is 1. The zero-order valence-electron chi connectivity index (χ0n) is 16.6. The largest absolute Gasteiger partial charge is 0.356 e. The predicted octanol–water partition coefficient (Wildman–Crippen LogP) is 0.841. The van der Waals surface area contributed by atoms with Gasteiger partial charge in [-0.05, 0) is 39.2 Å². The van der Waals surface area contributed by atoms with E-state index in [9.17, 15) is 13.2 Å². The summed E-state index contributed by atoms with van der Waals surface area (Å²) >= 11 is 0. The number of nitrogens with zero attached hydrogens (tertiary/aromatic N) is 5. The van der Waals surface area contributed by atoms with E-state index in [-0.39, 0.29) is 23.3 Å². The predicted molar refractivity (Wildman–Crippen MR) is 104 cm³/mol. The molecule has 1 atom stereocenters. The van der Waals surface area contributed by atoms with Crippen LogP contribution in [0.2, 0.25) is 0 Å². The molecule has 2 aromatic heterocycles. The van der Waals surface area contributed by atoms with Crippen molar-refractivity contribution in [3.8, 4) is 0 Å². The number of aromatic nitrogens is 4. The number of rotatable bonds is 7. The summed E-state index contributed by atoms with van der Waals surface area (Å²) < 4.78 is 30.7. The summed E-state index contributed by atoms with van der Waals surface area (Å²) in [6.45, 7) is 5.65. The van der Waals surface area contributed by atoms with Crippen LogP contribution in [0.15, 0.2) is 23.4 Å². The van der Waals surface area contributed by atoms with Gasteiger partial charge in [-0.3, -0.25) is 14.2 Å². The number of aryl methyl sites for hydroxylation is 3. The van der Waals surface area contributed by atoms with Gasteiger partial charge in [0.05, 0.1) is 17.8 Å². The maximum atomic E-state index is 12.9. The number of amides is 1. The van der Waals surface area contributed by atoms with Gasteiger partial charge in [0.1, 0.15) is 4.90 Å². The fourth-order valence-electron chi connectivity index (χ4n) is 3.46. The molecule has 0 spiro atoms. The smallest absolute Gasteiger partial charge is 0.246 e. The molecule has 9 nitrogen and oxygen atoms in total. The van der Waals surface area contributed by atoms with Crippen LogP contribution in [-0.4, -0.2) is 57.8 Å². The Morgan fingerprint density at radius 3 is 2.75 bits per heavy atom. The Bertz CT molecular complexity index is 933. The van der Waals surface area contributed by atoms with Crippen molar-refractivity contribution in [2.45, 2.75) is 44.6 Å². The second-order valence-corrected chi connectivity index (χ2v) is 9.17. The molecular formula is C18H28N6O3S. The van der Waals surface area contributed by atoms with Crippen LogP contribution >= 0.6 is 0 Å². The van der Waals surface area contributed by atoms with Crippen molar-refractivity contribution in [1.29, 1.82) is 0 Å².